The average Bonchev–Trinajstić information content (AvgIpc) is 3.17. The van der Waals surface area contributed by atoms with Crippen molar-refractivity contribution in [2.24, 2.45) is 28.6 Å². The summed E-state index contributed by atoms with van der Waals surface area (Å²) in [5.74, 6) is 2.22. The number of allylic oxidation sites excluding steroid dienone is 3. The molecule has 4 heteroatoms. The van der Waals surface area contributed by atoms with Gasteiger partial charge in [0.05, 0.1) is 0 Å². The number of alkyl carbamates (subject to hydrolysis) is 1. The van der Waals surface area contributed by atoms with Crippen molar-refractivity contribution in [3.8, 4) is 0 Å². The second kappa shape index (κ2) is 8.92. The molecule has 4 aliphatic carbocycles. The summed E-state index contributed by atoms with van der Waals surface area (Å²) in [7, 11) is 0. The maximum absolute atomic E-state index is 12.2. The lowest BCUT2D eigenvalue weighted by molar-refractivity contribution is -0.0262. The molecule has 1 amide bonds. The van der Waals surface area contributed by atoms with Gasteiger partial charge < -0.3 is 10.1 Å². The number of fused-ring (bicyclic) bond motifs is 5. The first-order valence-electron chi connectivity index (χ1n) is 13.2. The Morgan fingerprint density at radius 1 is 1.15 bits per heavy atom. The zero-order valence-electron chi connectivity index (χ0n) is 20.6. The number of pyridine rings is 1. The van der Waals surface area contributed by atoms with Crippen LogP contribution in [-0.2, 0) is 4.74 Å². The smallest absolute Gasteiger partial charge is 0.407 e. The maximum Gasteiger partial charge on any atom is 0.407 e. The van der Waals surface area contributed by atoms with E-state index in [0.717, 1.165) is 49.9 Å². The van der Waals surface area contributed by atoms with Gasteiger partial charge in [-0.15, -0.1) is 0 Å². The molecule has 6 atom stereocenters. The third kappa shape index (κ3) is 3.94. The number of nitrogens with zero attached hydrogens (tertiary/aromatic N) is 1. The van der Waals surface area contributed by atoms with Crippen LogP contribution in [0.1, 0.15) is 84.1 Å². The normalized spacial score (nSPS) is 37.2. The standard InChI is InChI=1S/C29H40N2O2/c1-4-5-17-31-27(32)33-22-12-14-28(2)21(18-22)8-9-23-25-11-10-24(20-7-6-16-30-19-20)29(25,3)15-13-26(23)28/h6-8,10,16,19,22-23,25-26H,4-5,9,11-15,17-18H2,1-3H3,(H,31,32). The summed E-state index contributed by atoms with van der Waals surface area (Å²) < 4.78 is 5.81. The molecule has 5 rings (SSSR count). The first kappa shape index (κ1) is 22.7. The summed E-state index contributed by atoms with van der Waals surface area (Å²) in [6.07, 6.45) is 18.8. The minimum atomic E-state index is -0.236. The Morgan fingerprint density at radius 2 is 2.00 bits per heavy atom. The van der Waals surface area contributed by atoms with Crippen LogP contribution in [-0.4, -0.2) is 23.7 Å². The van der Waals surface area contributed by atoms with Crippen molar-refractivity contribution in [1.82, 2.24) is 10.3 Å². The molecule has 1 aromatic heterocycles. The van der Waals surface area contributed by atoms with E-state index in [1.807, 2.05) is 12.4 Å². The van der Waals surface area contributed by atoms with Gasteiger partial charge in [-0.3, -0.25) is 4.98 Å². The Balaban J connectivity index is 1.29. The molecule has 0 bridgehead atoms. The van der Waals surface area contributed by atoms with Crippen LogP contribution in [0.3, 0.4) is 0 Å². The summed E-state index contributed by atoms with van der Waals surface area (Å²) in [5.41, 5.74) is 4.94. The van der Waals surface area contributed by atoms with E-state index in [-0.39, 0.29) is 23.0 Å². The summed E-state index contributed by atoms with van der Waals surface area (Å²) in [6.45, 7) is 7.87. The summed E-state index contributed by atoms with van der Waals surface area (Å²) in [6, 6.07) is 4.30. The molecular weight excluding hydrogens is 408 g/mol. The second-order valence-electron chi connectivity index (χ2n) is 11.4. The number of unbranched alkanes of at least 4 members (excludes halogenated alkanes) is 1. The van der Waals surface area contributed by atoms with E-state index in [2.05, 4.69) is 55.4 Å². The van der Waals surface area contributed by atoms with Crippen LogP contribution in [0.4, 0.5) is 4.79 Å². The second-order valence-corrected chi connectivity index (χ2v) is 11.4. The van der Waals surface area contributed by atoms with Crippen LogP contribution in [0.15, 0.2) is 42.3 Å². The van der Waals surface area contributed by atoms with E-state index < -0.39 is 0 Å². The van der Waals surface area contributed by atoms with Crippen molar-refractivity contribution in [3.63, 3.8) is 0 Å². The third-order valence-electron chi connectivity index (χ3n) is 9.69. The van der Waals surface area contributed by atoms with E-state index in [0.29, 0.717) is 6.54 Å². The Bertz CT molecular complexity index is 938. The van der Waals surface area contributed by atoms with Crippen molar-refractivity contribution < 1.29 is 9.53 Å². The highest BCUT2D eigenvalue weighted by Gasteiger charge is 2.57. The van der Waals surface area contributed by atoms with Crippen molar-refractivity contribution in [3.05, 3.63) is 47.8 Å². The number of rotatable bonds is 5. The highest BCUT2D eigenvalue weighted by atomic mass is 16.6. The third-order valence-corrected chi connectivity index (χ3v) is 9.69. The maximum atomic E-state index is 12.2. The monoisotopic (exact) mass is 448 g/mol. The lowest BCUT2D eigenvalue weighted by Crippen LogP contribution is -2.50. The van der Waals surface area contributed by atoms with Crippen LogP contribution in [0.25, 0.3) is 5.57 Å². The van der Waals surface area contributed by atoms with Gasteiger partial charge in [-0.05, 0) is 90.7 Å². The van der Waals surface area contributed by atoms with Gasteiger partial charge in [-0.2, -0.15) is 0 Å². The van der Waals surface area contributed by atoms with Crippen LogP contribution < -0.4 is 5.32 Å². The summed E-state index contributed by atoms with van der Waals surface area (Å²) >= 11 is 0. The Kier molecular flexibility index (Phi) is 6.13. The number of carbonyl (C=O) groups is 1. The molecule has 4 nitrogen and oxygen atoms in total. The van der Waals surface area contributed by atoms with Gasteiger partial charge in [0.25, 0.3) is 0 Å². The number of nitrogens with one attached hydrogen (secondary N) is 1. The quantitative estimate of drug-likeness (QED) is 0.392. The molecule has 6 unspecified atom stereocenters. The van der Waals surface area contributed by atoms with Crippen molar-refractivity contribution in [1.29, 1.82) is 0 Å². The fraction of sp³-hybridized carbons (Fsp3) is 0.655. The van der Waals surface area contributed by atoms with E-state index >= 15 is 0 Å². The summed E-state index contributed by atoms with van der Waals surface area (Å²) in [4.78, 5) is 16.6. The van der Waals surface area contributed by atoms with Crippen LogP contribution in [0.5, 0.6) is 0 Å². The fourth-order valence-electron chi connectivity index (χ4n) is 7.83. The zero-order chi connectivity index (χ0) is 23.1. The SMILES string of the molecule is CCCCNC(=O)OC1CCC2(C)C(=CCC3C2CCC2(C)C(c4cccnc4)=CCC32)C1. The van der Waals surface area contributed by atoms with Crippen LogP contribution in [0, 0.1) is 28.6 Å². The first-order valence-corrected chi connectivity index (χ1v) is 13.2. The highest BCUT2D eigenvalue weighted by molar-refractivity contribution is 5.72. The van der Waals surface area contributed by atoms with Gasteiger partial charge >= 0.3 is 6.09 Å². The fourth-order valence-corrected chi connectivity index (χ4v) is 7.83. The zero-order valence-corrected chi connectivity index (χ0v) is 20.6. The lowest BCUT2D eigenvalue weighted by Gasteiger charge is -2.57. The lowest BCUT2D eigenvalue weighted by atomic mass is 9.47. The highest BCUT2D eigenvalue weighted by Crippen LogP contribution is 2.66. The molecular formula is C29H40N2O2. The molecule has 1 heterocycles. The molecule has 0 spiro atoms. The number of amides is 1. The van der Waals surface area contributed by atoms with Crippen LogP contribution in [0.2, 0.25) is 0 Å². The molecule has 2 fully saturated rings. The van der Waals surface area contributed by atoms with Gasteiger partial charge in [-0.25, -0.2) is 4.79 Å². The Hall–Kier alpha value is -2.10. The molecule has 2 saturated carbocycles. The molecule has 1 aromatic rings. The van der Waals surface area contributed by atoms with Crippen LogP contribution >= 0.6 is 0 Å². The van der Waals surface area contributed by atoms with Gasteiger partial charge in [0.1, 0.15) is 6.10 Å². The minimum Gasteiger partial charge on any atom is -0.446 e. The Morgan fingerprint density at radius 3 is 2.79 bits per heavy atom. The van der Waals surface area contributed by atoms with E-state index in [1.54, 1.807) is 5.57 Å². The predicted octanol–water partition coefficient (Wildman–Crippen LogP) is 6.93. The largest absolute Gasteiger partial charge is 0.446 e. The molecule has 0 saturated heterocycles. The molecule has 0 aliphatic heterocycles. The molecule has 0 radical (unpaired) electrons. The molecule has 178 valence electrons. The van der Waals surface area contributed by atoms with E-state index in [1.165, 1.54) is 36.8 Å². The molecule has 33 heavy (non-hydrogen) atoms. The van der Waals surface area contributed by atoms with Crippen molar-refractivity contribution in [2.75, 3.05) is 6.54 Å². The van der Waals surface area contributed by atoms with E-state index in [4.69, 9.17) is 4.74 Å². The number of hydrogen-bond donors (Lipinski definition) is 1. The molecule has 0 aromatic carbocycles. The predicted molar refractivity (Wildman–Crippen MR) is 132 cm³/mol. The minimum absolute atomic E-state index is 0.0293. The summed E-state index contributed by atoms with van der Waals surface area (Å²) in [5, 5.41) is 2.91. The molecule has 1 N–H and O–H groups in total. The van der Waals surface area contributed by atoms with Gasteiger partial charge in [-0.1, -0.05) is 51.0 Å². The molecule has 4 aliphatic rings. The number of ether oxygens (including phenoxy) is 1. The first-order chi connectivity index (χ1) is 16.0. The van der Waals surface area contributed by atoms with Gasteiger partial charge in [0.2, 0.25) is 0 Å². The number of carbonyl (C=O) groups excluding carboxylic acids is 1. The van der Waals surface area contributed by atoms with Gasteiger partial charge in [0, 0.05) is 25.4 Å². The average molecular weight is 449 g/mol. The van der Waals surface area contributed by atoms with Crippen molar-refractivity contribution >= 4 is 11.7 Å². The number of aromatic nitrogens is 1. The van der Waals surface area contributed by atoms with Gasteiger partial charge in [0.15, 0.2) is 0 Å². The topological polar surface area (TPSA) is 51.2 Å². The van der Waals surface area contributed by atoms with Crippen molar-refractivity contribution in [2.45, 2.75) is 84.7 Å². The Labute approximate surface area is 199 Å². The number of hydrogen-bond acceptors (Lipinski definition) is 3. The van der Waals surface area contributed by atoms with E-state index in [9.17, 15) is 4.79 Å².